The Hall–Kier alpha value is -1.30. The van der Waals surface area contributed by atoms with Gasteiger partial charge in [-0.25, -0.2) is 0 Å². The number of rotatable bonds is 3. The van der Waals surface area contributed by atoms with Crippen molar-refractivity contribution in [2.24, 2.45) is 5.73 Å². The van der Waals surface area contributed by atoms with Crippen molar-refractivity contribution in [1.82, 2.24) is 14.5 Å². The summed E-state index contributed by atoms with van der Waals surface area (Å²) in [5.74, 6) is 0.429. The largest absolute Gasteiger partial charge is 0.326 e. The van der Waals surface area contributed by atoms with Crippen molar-refractivity contribution < 1.29 is 0 Å². The molecule has 2 aromatic rings. The zero-order valence-corrected chi connectivity index (χ0v) is 10.9. The number of aromatic nitrogens is 2. The van der Waals surface area contributed by atoms with Crippen LogP contribution in [0.4, 0.5) is 0 Å². The number of benzene rings is 1. The van der Waals surface area contributed by atoms with Crippen LogP contribution < -0.4 is 5.73 Å². The van der Waals surface area contributed by atoms with Gasteiger partial charge < -0.3 is 5.73 Å². The van der Waals surface area contributed by atoms with Gasteiger partial charge in [-0.1, -0.05) is 34.8 Å². The maximum atomic E-state index is 6.26. The van der Waals surface area contributed by atoms with E-state index in [1.54, 1.807) is 0 Å². The van der Waals surface area contributed by atoms with Crippen LogP contribution in [0.5, 0.6) is 0 Å². The maximum absolute atomic E-state index is 6.26. The number of nitrogens with zero attached hydrogens (tertiary/aromatic N) is 3. The first-order chi connectivity index (χ1) is 8.83. The molecule has 2 atom stereocenters. The highest BCUT2D eigenvalue weighted by molar-refractivity contribution is 7.03. The summed E-state index contributed by atoms with van der Waals surface area (Å²) < 4.78 is 3.89. The van der Waals surface area contributed by atoms with E-state index in [4.69, 9.17) is 5.73 Å². The Morgan fingerprint density at radius 2 is 2.11 bits per heavy atom. The van der Waals surface area contributed by atoms with Gasteiger partial charge in [0.15, 0.2) is 0 Å². The Kier molecular flexibility index (Phi) is 3.36. The van der Waals surface area contributed by atoms with E-state index in [1.165, 1.54) is 17.1 Å². The zero-order valence-electron chi connectivity index (χ0n) is 10.1. The molecule has 94 valence electrons. The van der Waals surface area contributed by atoms with E-state index in [0.29, 0.717) is 5.92 Å². The van der Waals surface area contributed by atoms with Crippen molar-refractivity contribution in [3.63, 3.8) is 0 Å². The lowest BCUT2D eigenvalue weighted by atomic mass is 9.95. The SMILES string of the molecule is N[C@@H]1CN(Cc2csnn2)C[C@H]1c1ccccc1. The molecule has 2 N–H and O–H groups in total. The van der Waals surface area contributed by atoms with Crippen molar-refractivity contribution in [2.45, 2.75) is 18.5 Å². The van der Waals surface area contributed by atoms with Crippen LogP contribution in [0, 0.1) is 0 Å². The number of likely N-dealkylation sites (tertiary alicyclic amines) is 1. The summed E-state index contributed by atoms with van der Waals surface area (Å²) in [5.41, 5.74) is 8.63. The van der Waals surface area contributed by atoms with Gasteiger partial charge in [0.1, 0.15) is 0 Å². The molecule has 2 heterocycles. The van der Waals surface area contributed by atoms with Crippen molar-refractivity contribution in [1.29, 1.82) is 0 Å². The fourth-order valence-corrected chi connectivity index (χ4v) is 3.02. The van der Waals surface area contributed by atoms with Crippen LogP contribution in [0.1, 0.15) is 17.2 Å². The van der Waals surface area contributed by atoms with Crippen molar-refractivity contribution in [3.8, 4) is 0 Å². The van der Waals surface area contributed by atoms with Gasteiger partial charge in [-0.2, -0.15) is 0 Å². The predicted molar refractivity (Wildman–Crippen MR) is 72.3 cm³/mol. The molecule has 1 fully saturated rings. The van der Waals surface area contributed by atoms with Crippen LogP contribution in [0.3, 0.4) is 0 Å². The molecule has 0 saturated carbocycles. The molecule has 18 heavy (non-hydrogen) atoms. The van der Waals surface area contributed by atoms with Gasteiger partial charge in [0.25, 0.3) is 0 Å². The minimum atomic E-state index is 0.207. The third-order valence-corrected chi connectivity index (χ3v) is 4.01. The van der Waals surface area contributed by atoms with E-state index < -0.39 is 0 Å². The smallest absolute Gasteiger partial charge is 0.0895 e. The summed E-state index contributed by atoms with van der Waals surface area (Å²) in [6.07, 6.45) is 0. The second-order valence-electron chi connectivity index (χ2n) is 4.77. The first kappa shape index (κ1) is 11.8. The molecular weight excluding hydrogens is 244 g/mol. The second-order valence-corrected chi connectivity index (χ2v) is 5.38. The molecule has 1 saturated heterocycles. The lowest BCUT2D eigenvalue weighted by Crippen LogP contribution is -2.28. The van der Waals surface area contributed by atoms with Crippen LogP contribution in [0.25, 0.3) is 0 Å². The number of hydrogen-bond acceptors (Lipinski definition) is 5. The first-order valence-corrected chi connectivity index (χ1v) is 6.95. The van der Waals surface area contributed by atoms with Crippen molar-refractivity contribution in [2.75, 3.05) is 13.1 Å². The van der Waals surface area contributed by atoms with Gasteiger partial charge in [0, 0.05) is 37.0 Å². The molecule has 3 rings (SSSR count). The van der Waals surface area contributed by atoms with Crippen LogP contribution in [0.2, 0.25) is 0 Å². The highest BCUT2D eigenvalue weighted by Gasteiger charge is 2.31. The fraction of sp³-hybridized carbons (Fsp3) is 0.385. The van der Waals surface area contributed by atoms with Crippen molar-refractivity contribution >= 4 is 11.5 Å². The predicted octanol–water partition coefficient (Wildman–Crippen LogP) is 1.46. The Labute approximate surface area is 111 Å². The van der Waals surface area contributed by atoms with E-state index in [9.17, 15) is 0 Å². The minimum absolute atomic E-state index is 0.207. The lowest BCUT2D eigenvalue weighted by molar-refractivity contribution is 0.319. The van der Waals surface area contributed by atoms with E-state index in [2.05, 4.69) is 38.8 Å². The quantitative estimate of drug-likeness (QED) is 0.908. The molecule has 0 radical (unpaired) electrons. The molecule has 0 bridgehead atoms. The molecule has 1 aliphatic rings. The normalized spacial score (nSPS) is 24.5. The minimum Gasteiger partial charge on any atom is -0.326 e. The van der Waals surface area contributed by atoms with Crippen LogP contribution in [0.15, 0.2) is 35.7 Å². The van der Waals surface area contributed by atoms with E-state index in [-0.39, 0.29) is 6.04 Å². The third kappa shape index (κ3) is 2.43. The van der Waals surface area contributed by atoms with E-state index in [1.807, 2.05) is 11.4 Å². The highest BCUT2D eigenvalue weighted by Crippen LogP contribution is 2.27. The maximum Gasteiger partial charge on any atom is 0.0895 e. The van der Waals surface area contributed by atoms with Crippen molar-refractivity contribution in [3.05, 3.63) is 47.0 Å². The zero-order chi connectivity index (χ0) is 12.4. The van der Waals surface area contributed by atoms with E-state index in [0.717, 1.165) is 25.3 Å². The van der Waals surface area contributed by atoms with Gasteiger partial charge in [-0.15, -0.1) is 5.10 Å². The van der Waals surface area contributed by atoms with E-state index >= 15 is 0 Å². The molecule has 0 amide bonds. The molecule has 4 nitrogen and oxygen atoms in total. The standard InChI is InChI=1S/C13H16N4S/c14-13-8-17(6-11-9-18-16-15-11)7-12(13)10-4-2-1-3-5-10/h1-5,9,12-13H,6-8,14H2/t12-,13+/m0/s1. The molecule has 1 aromatic carbocycles. The third-order valence-electron chi connectivity index (χ3n) is 3.46. The Morgan fingerprint density at radius 3 is 2.83 bits per heavy atom. The summed E-state index contributed by atoms with van der Waals surface area (Å²) in [6, 6.07) is 10.7. The summed E-state index contributed by atoms with van der Waals surface area (Å²) >= 11 is 1.40. The molecule has 1 aliphatic heterocycles. The average molecular weight is 260 g/mol. The van der Waals surface area contributed by atoms with Gasteiger partial charge >= 0.3 is 0 Å². The molecule has 0 unspecified atom stereocenters. The summed E-state index contributed by atoms with van der Waals surface area (Å²) in [5, 5.41) is 6.09. The first-order valence-electron chi connectivity index (χ1n) is 6.12. The monoisotopic (exact) mass is 260 g/mol. The average Bonchev–Trinajstić information content (AvgIpc) is 3.01. The summed E-state index contributed by atoms with van der Waals surface area (Å²) in [4.78, 5) is 2.36. The second kappa shape index (κ2) is 5.14. The Bertz CT molecular complexity index is 485. The van der Waals surface area contributed by atoms with Gasteiger partial charge in [-0.05, 0) is 17.1 Å². The fourth-order valence-electron chi connectivity index (χ4n) is 2.58. The molecule has 1 aromatic heterocycles. The highest BCUT2D eigenvalue weighted by atomic mass is 32.1. The van der Waals surface area contributed by atoms with Gasteiger partial charge in [-0.3, -0.25) is 4.90 Å². The summed E-state index contributed by atoms with van der Waals surface area (Å²) in [6.45, 7) is 2.79. The summed E-state index contributed by atoms with van der Waals surface area (Å²) in [7, 11) is 0. The van der Waals surface area contributed by atoms with Gasteiger partial charge in [0.05, 0.1) is 5.69 Å². The Morgan fingerprint density at radius 1 is 1.28 bits per heavy atom. The van der Waals surface area contributed by atoms with Crippen LogP contribution in [-0.2, 0) is 6.54 Å². The molecular formula is C13H16N4S. The molecule has 5 heteroatoms. The Balaban J connectivity index is 1.69. The van der Waals surface area contributed by atoms with Crippen LogP contribution in [-0.4, -0.2) is 33.6 Å². The number of hydrogen-bond donors (Lipinski definition) is 1. The topological polar surface area (TPSA) is 55.0 Å². The van der Waals surface area contributed by atoms with Crippen LogP contribution >= 0.6 is 11.5 Å². The number of nitrogens with two attached hydrogens (primary N) is 1. The van der Waals surface area contributed by atoms with Gasteiger partial charge in [0.2, 0.25) is 0 Å². The lowest BCUT2D eigenvalue weighted by Gasteiger charge is -2.14. The molecule has 0 spiro atoms. The molecule has 0 aliphatic carbocycles.